The first-order valence-electron chi connectivity index (χ1n) is 3.40. The fourth-order valence-electron chi connectivity index (χ4n) is 0.815. The molecule has 0 fully saturated rings. The van der Waals surface area contributed by atoms with Gasteiger partial charge in [-0.2, -0.15) is 10.2 Å². The van der Waals surface area contributed by atoms with Gasteiger partial charge in [-0.25, -0.2) is 0 Å². The molecule has 3 N–H and O–H groups in total. The minimum Gasteiger partial charge on any atom is -0.480 e. The van der Waals surface area contributed by atoms with Gasteiger partial charge in [-0.15, -0.1) is 0 Å². The van der Waals surface area contributed by atoms with Crippen LogP contribution >= 0.6 is 0 Å². The van der Waals surface area contributed by atoms with Gasteiger partial charge in [-0.3, -0.25) is 4.79 Å². The number of hydrogen-bond donors (Lipinski definition) is 2. The zero-order chi connectivity index (χ0) is 8.65. The van der Waals surface area contributed by atoms with Gasteiger partial charge in [-0.1, -0.05) is 6.92 Å². The van der Waals surface area contributed by atoms with Crippen LogP contribution in [0.2, 0.25) is 0 Å². The van der Waals surface area contributed by atoms with Gasteiger partial charge in [0, 0.05) is 5.92 Å². The highest BCUT2D eigenvalue weighted by atomic mass is 16.4. The number of carbonyl (C=O) groups is 1. The van der Waals surface area contributed by atoms with Crippen molar-refractivity contribution in [1.29, 1.82) is 0 Å². The molecule has 0 radical (unpaired) electrons. The van der Waals surface area contributed by atoms with Crippen molar-refractivity contribution in [3.05, 3.63) is 0 Å². The van der Waals surface area contributed by atoms with Gasteiger partial charge in [0.05, 0.1) is 0 Å². The molecule has 0 bridgehead atoms. The van der Waals surface area contributed by atoms with E-state index in [0.29, 0.717) is 0 Å². The van der Waals surface area contributed by atoms with Crippen molar-refractivity contribution in [3.8, 4) is 0 Å². The molecule has 5 nitrogen and oxygen atoms in total. The Balaban J connectivity index is 2.54. The molecule has 2 unspecified atom stereocenters. The van der Waals surface area contributed by atoms with Crippen LogP contribution in [0.3, 0.4) is 0 Å². The molecule has 11 heavy (non-hydrogen) atoms. The summed E-state index contributed by atoms with van der Waals surface area (Å²) in [5, 5.41) is 16.0. The second kappa shape index (κ2) is 2.27. The monoisotopic (exact) mass is 157 g/mol. The van der Waals surface area contributed by atoms with Gasteiger partial charge in [-0.05, 0) is 6.92 Å². The third-order valence-electron chi connectivity index (χ3n) is 2.10. The van der Waals surface area contributed by atoms with Crippen LogP contribution in [0, 0.1) is 5.92 Å². The van der Waals surface area contributed by atoms with Crippen molar-refractivity contribution >= 4 is 5.97 Å². The smallest absolute Gasteiger partial charge is 0.320 e. The zero-order valence-corrected chi connectivity index (χ0v) is 6.48. The quantitative estimate of drug-likeness (QED) is 0.614. The van der Waals surface area contributed by atoms with E-state index in [-0.39, 0.29) is 5.92 Å². The molecule has 0 saturated heterocycles. The van der Waals surface area contributed by atoms with Crippen LogP contribution in [-0.4, -0.2) is 22.8 Å². The minimum absolute atomic E-state index is 0.236. The van der Waals surface area contributed by atoms with E-state index in [9.17, 15) is 4.79 Å². The van der Waals surface area contributed by atoms with Crippen LogP contribution < -0.4 is 5.73 Å². The third-order valence-corrected chi connectivity index (χ3v) is 2.10. The lowest BCUT2D eigenvalue weighted by Crippen LogP contribution is -2.42. The van der Waals surface area contributed by atoms with E-state index in [1.54, 1.807) is 13.8 Å². The molecule has 1 rings (SSSR count). The summed E-state index contributed by atoms with van der Waals surface area (Å²) in [5.74, 6) is -1.24. The van der Waals surface area contributed by atoms with Gasteiger partial charge >= 0.3 is 5.97 Å². The summed E-state index contributed by atoms with van der Waals surface area (Å²) >= 11 is 0. The fourth-order valence-corrected chi connectivity index (χ4v) is 0.815. The molecule has 1 aliphatic heterocycles. The van der Waals surface area contributed by atoms with Gasteiger partial charge in [0.25, 0.3) is 0 Å². The summed E-state index contributed by atoms with van der Waals surface area (Å²) < 4.78 is 0. The van der Waals surface area contributed by atoms with Gasteiger partial charge in [0.1, 0.15) is 6.04 Å². The van der Waals surface area contributed by atoms with Crippen LogP contribution in [0.15, 0.2) is 10.2 Å². The number of nitrogens with two attached hydrogens (primary N) is 1. The van der Waals surface area contributed by atoms with Crippen molar-refractivity contribution in [1.82, 2.24) is 0 Å². The molecule has 0 amide bonds. The molecule has 2 atom stereocenters. The normalized spacial score (nSPS) is 24.3. The van der Waals surface area contributed by atoms with E-state index in [1.165, 1.54) is 0 Å². The van der Waals surface area contributed by atoms with E-state index in [2.05, 4.69) is 10.2 Å². The maximum atomic E-state index is 10.4. The Hall–Kier alpha value is -0.970. The number of carboxylic acid groups (broad SMARTS) is 1. The summed E-state index contributed by atoms with van der Waals surface area (Å²) in [6.07, 6.45) is 0. The first-order chi connectivity index (χ1) is 4.97. The van der Waals surface area contributed by atoms with E-state index in [1.807, 2.05) is 0 Å². The number of hydrogen-bond acceptors (Lipinski definition) is 4. The highest BCUT2D eigenvalue weighted by Gasteiger charge is 2.45. The molecule has 0 aromatic carbocycles. The first kappa shape index (κ1) is 8.13. The molecular formula is C6H11N3O2. The Morgan fingerprint density at radius 2 is 2.09 bits per heavy atom. The van der Waals surface area contributed by atoms with E-state index >= 15 is 0 Å². The highest BCUT2D eigenvalue weighted by Crippen LogP contribution is 2.36. The van der Waals surface area contributed by atoms with Crippen LogP contribution in [0.5, 0.6) is 0 Å². The molecule has 5 heteroatoms. The summed E-state index contributed by atoms with van der Waals surface area (Å²) in [5.41, 5.74) is 4.82. The van der Waals surface area contributed by atoms with Crippen molar-refractivity contribution in [2.75, 3.05) is 0 Å². The average Bonchev–Trinajstić information content (AvgIpc) is 2.66. The Labute approximate surface area is 64.3 Å². The number of nitrogens with zero attached hydrogens (tertiary/aromatic N) is 2. The molecule has 0 aromatic heterocycles. The highest BCUT2D eigenvalue weighted by molar-refractivity contribution is 5.73. The predicted octanol–water partition coefficient (Wildman–Crippen LogP) is 0.216. The Morgan fingerprint density at radius 3 is 2.36 bits per heavy atom. The lowest BCUT2D eigenvalue weighted by atomic mass is 9.92. The number of carboxylic acids is 1. The zero-order valence-electron chi connectivity index (χ0n) is 6.48. The van der Waals surface area contributed by atoms with Gasteiger partial charge in [0.15, 0.2) is 5.66 Å². The van der Waals surface area contributed by atoms with Crippen LogP contribution in [0.25, 0.3) is 0 Å². The maximum Gasteiger partial charge on any atom is 0.320 e. The van der Waals surface area contributed by atoms with Crippen molar-refractivity contribution in [2.24, 2.45) is 21.9 Å². The molecule has 0 saturated carbocycles. The second-order valence-corrected chi connectivity index (χ2v) is 2.95. The van der Waals surface area contributed by atoms with Gasteiger partial charge in [0.2, 0.25) is 0 Å². The van der Waals surface area contributed by atoms with Crippen molar-refractivity contribution in [3.63, 3.8) is 0 Å². The van der Waals surface area contributed by atoms with Crippen LogP contribution in [0.4, 0.5) is 0 Å². The minimum atomic E-state index is -1.00. The number of aliphatic carboxylic acids is 1. The van der Waals surface area contributed by atoms with Crippen molar-refractivity contribution < 1.29 is 9.90 Å². The molecule has 1 heterocycles. The molecule has 0 aliphatic carbocycles. The first-order valence-corrected chi connectivity index (χ1v) is 3.40. The Bertz CT molecular complexity index is 208. The SMILES string of the molecule is CC(C(N)C(=O)O)C1(C)N=N1. The summed E-state index contributed by atoms with van der Waals surface area (Å²) in [4.78, 5) is 10.4. The summed E-state index contributed by atoms with van der Waals surface area (Å²) in [7, 11) is 0. The molecule has 62 valence electrons. The van der Waals surface area contributed by atoms with Crippen molar-refractivity contribution in [2.45, 2.75) is 25.6 Å². The topological polar surface area (TPSA) is 88.0 Å². The molecule has 0 aromatic rings. The predicted molar refractivity (Wildman–Crippen MR) is 38.0 cm³/mol. The molecular weight excluding hydrogens is 146 g/mol. The average molecular weight is 157 g/mol. The standard InChI is InChI=1S/C6H11N3O2/c1-3(4(7)5(10)11)6(2)8-9-6/h3-4H,7H2,1-2H3,(H,10,11). The lowest BCUT2D eigenvalue weighted by molar-refractivity contribution is -0.140. The van der Waals surface area contributed by atoms with E-state index in [0.717, 1.165) is 0 Å². The van der Waals surface area contributed by atoms with E-state index in [4.69, 9.17) is 10.8 Å². The third kappa shape index (κ3) is 1.37. The second-order valence-electron chi connectivity index (χ2n) is 2.95. The van der Waals surface area contributed by atoms with Gasteiger partial charge < -0.3 is 10.8 Å². The van der Waals surface area contributed by atoms with E-state index < -0.39 is 17.7 Å². The summed E-state index contributed by atoms with van der Waals surface area (Å²) in [6, 6.07) is -0.880. The van der Waals surface area contributed by atoms with Crippen LogP contribution in [0.1, 0.15) is 13.8 Å². The Morgan fingerprint density at radius 1 is 1.64 bits per heavy atom. The van der Waals surface area contributed by atoms with Crippen LogP contribution in [-0.2, 0) is 4.79 Å². The lowest BCUT2D eigenvalue weighted by Gasteiger charge is -2.17. The molecule has 1 aliphatic rings. The number of rotatable bonds is 3. The Kier molecular flexibility index (Phi) is 1.67. The molecule has 0 spiro atoms. The summed E-state index contributed by atoms with van der Waals surface area (Å²) in [6.45, 7) is 3.50. The largest absolute Gasteiger partial charge is 0.480 e. The fraction of sp³-hybridized carbons (Fsp3) is 0.833. The maximum absolute atomic E-state index is 10.4.